The number of ether oxygens (including phenoxy) is 1. The van der Waals surface area contributed by atoms with Crippen molar-refractivity contribution in [3.8, 4) is 6.07 Å². The normalized spacial score (nSPS) is 9.91. The van der Waals surface area contributed by atoms with Crippen molar-refractivity contribution in [1.82, 2.24) is 0 Å². The fourth-order valence-corrected chi connectivity index (χ4v) is 1.98. The summed E-state index contributed by atoms with van der Waals surface area (Å²) in [5.74, 6) is -1.19. The monoisotopic (exact) mass is 311 g/mol. The van der Waals surface area contributed by atoms with Crippen LogP contribution in [-0.2, 0) is 16.1 Å². The molecule has 116 valence electrons. The highest BCUT2D eigenvalue weighted by Crippen LogP contribution is 2.11. The summed E-state index contributed by atoms with van der Waals surface area (Å²) in [7, 11) is 0. The Morgan fingerprint density at radius 1 is 1.04 bits per heavy atom. The Morgan fingerprint density at radius 2 is 1.74 bits per heavy atom. The van der Waals surface area contributed by atoms with Gasteiger partial charge in [-0.05, 0) is 30.3 Å². The molecule has 0 aromatic heterocycles. The zero-order valence-electron chi connectivity index (χ0n) is 12.3. The van der Waals surface area contributed by atoms with E-state index in [1.165, 1.54) is 24.3 Å². The number of carbonyl (C=O) groups excluding carboxylic acids is 2. The highest BCUT2D eigenvalue weighted by atomic mass is 19.1. The zero-order chi connectivity index (χ0) is 16.7. The number of benzene rings is 2. The standard InChI is InChI=1S/C18H14FNO3/c19-16-7-5-13(6-8-16)17(21)9-10-18(22)23-12-15-4-2-1-3-14(15)11-20/h1-8H,9-10,12H2. The Bertz CT molecular complexity index is 748. The van der Waals surface area contributed by atoms with E-state index in [1.54, 1.807) is 24.3 Å². The highest BCUT2D eigenvalue weighted by Gasteiger charge is 2.11. The molecule has 0 spiro atoms. The molecular formula is C18H14FNO3. The average molecular weight is 311 g/mol. The number of nitriles is 1. The van der Waals surface area contributed by atoms with Crippen molar-refractivity contribution in [3.63, 3.8) is 0 Å². The molecule has 0 N–H and O–H groups in total. The molecule has 0 amide bonds. The Balaban J connectivity index is 1.82. The van der Waals surface area contributed by atoms with Gasteiger partial charge in [-0.1, -0.05) is 18.2 Å². The van der Waals surface area contributed by atoms with Crippen LogP contribution in [-0.4, -0.2) is 11.8 Å². The number of Topliss-reactive ketones (excluding diaryl/α,β-unsaturated/α-hetero) is 1. The maximum Gasteiger partial charge on any atom is 0.306 e. The molecule has 2 aromatic carbocycles. The Morgan fingerprint density at radius 3 is 2.43 bits per heavy atom. The van der Waals surface area contributed by atoms with E-state index in [1.807, 2.05) is 6.07 Å². The number of rotatable bonds is 6. The summed E-state index contributed by atoms with van der Waals surface area (Å²) < 4.78 is 17.9. The van der Waals surface area contributed by atoms with Gasteiger partial charge in [0.15, 0.2) is 5.78 Å². The fraction of sp³-hybridized carbons (Fsp3) is 0.167. The average Bonchev–Trinajstić information content (AvgIpc) is 2.58. The van der Waals surface area contributed by atoms with Gasteiger partial charge in [-0.25, -0.2) is 4.39 Å². The lowest BCUT2D eigenvalue weighted by Crippen LogP contribution is -2.09. The minimum atomic E-state index is -0.520. The predicted molar refractivity (Wildman–Crippen MR) is 80.9 cm³/mol. The molecule has 0 bridgehead atoms. The lowest BCUT2D eigenvalue weighted by molar-refractivity contribution is -0.144. The van der Waals surface area contributed by atoms with Crippen molar-refractivity contribution in [2.24, 2.45) is 0 Å². The molecule has 0 saturated carbocycles. The third kappa shape index (κ3) is 4.75. The second kappa shape index (κ2) is 7.85. The number of ketones is 1. The van der Waals surface area contributed by atoms with Crippen LogP contribution in [0.5, 0.6) is 0 Å². The summed E-state index contributed by atoms with van der Waals surface area (Å²) in [5.41, 5.74) is 1.42. The molecule has 0 aliphatic rings. The van der Waals surface area contributed by atoms with E-state index in [2.05, 4.69) is 0 Å². The fourth-order valence-electron chi connectivity index (χ4n) is 1.98. The molecule has 0 atom stereocenters. The van der Waals surface area contributed by atoms with Crippen molar-refractivity contribution in [1.29, 1.82) is 5.26 Å². The van der Waals surface area contributed by atoms with Crippen LogP contribution in [0.2, 0.25) is 0 Å². The SMILES string of the molecule is N#Cc1ccccc1COC(=O)CCC(=O)c1ccc(F)cc1. The molecular weight excluding hydrogens is 297 g/mol. The van der Waals surface area contributed by atoms with E-state index in [9.17, 15) is 14.0 Å². The van der Waals surface area contributed by atoms with Gasteiger partial charge in [-0.3, -0.25) is 9.59 Å². The number of nitrogens with zero attached hydrogens (tertiary/aromatic N) is 1. The van der Waals surface area contributed by atoms with Crippen LogP contribution < -0.4 is 0 Å². The largest absolute Gasteiger partial charge is 0.461 e. The third-order valence-corrected chi connectivity index (χ3v) is 3.25. The molecule has 23 heavy (non-hydrogen) atoms. The Hall–Kier alpha value is -3.00. The molecule has 0 radical (unpaired) electrons. The van der Waals surface area contributed by atoms with E-state index in [4.69, 9.17) is 10.00 Å². The first-order valence-corrected chi connectivity index (χ1v) is 7.02. The van der Waals surface area contributed by atoms with Gasteiger partial charge in [0.2, 0.25) is 0 Å². The van der Waals surface area contributed by atoms with Crippen LogP contribution in [0.1, 0.15) is 34.3 Å². The highest BCUT2D eigenvalue weighted by molar-refractivity contribution is 5.97. The second-order valence-electron chi connectivity index (χ2n) is 4.86. The molecule has 0 fully saturated rings. The number of esters is 1. The van der Waals surface area contributed by atoms with Gasteiger partial charge in [-0.15, -0.1) is 0 Å². The van der Waals surface area contributed by atoms with Gasteiger partial charge in [0.1, 0.15) is 12.4 Å². The zero-order valence-corrected chi connectivity index (χ0v) is 12.3. The first-order chi connectivity index (χ1) is 11.1. The molecule has 4 nitrogen and oxygen atoms in total. The molecule has 0 heterocycles. The summed E-state index contributed by atoms with van der Waals surface area (Å²) in [6.07, 6.45) is -0.0741. The summed E-state index contributed by atoms with van der Waals surface area (Å²) in [6, 6.07) is 14.0. The van der Waals surface area contributed by atoms with E-state index in [-0.39, 0.29) is 25.2 Å². The quantitative estimate of drug-likeness (QED) is 0.605. The van der Waals surface area contributed by atoms with Crippen LogP contribution in [0.4, 0.5) is 4.39 Å². The van der Waals surface area contributed by atoms with Gasteiger partial charge in [0.05, 0.1) is 18.1 Å². The smallest absolute Gasteiger partial charge is 0.306 e. The van der Waals surface area contributed by atoms with Gasteiger partial charge in [-0.2, -0.15) is 5.26 Å². The van der Waals surface area contributed by atoms with Gasteiger partial charge >= 0.3 is 5.97 Å². The minimum absolute atomic E-state index is 0.00664. The number of hydrogen-bond donors (Lipinski definition) is 0. The van der Waals surface area contributed by atoms with Crippen LogP contribution in [0.25, 0.3) is 0 Å². The predicted octanol–water partition coefficient (Wildman–Crippen LogP) is 3.40. The van der Waals surface area contributed by atoms with Gasteiger partial charge < -0.3 is 4.74 Å². The van der Waals surface area contributed by atoms with E-state index in [0.717, 1.165) is 0 Å². The van der Waals surface area contributed by atoms with Gasteiger partial charge in [0, 0.05) is 17.5 Å². The molecule has 0 unspecified atom stereocenters. The van der Waals surface area contributed by atoms with Crippen molar-refractivity contribution >= 4 is 11.8 Å². The second-order valence-corrected chi connectivity index (χ2v) is 4.86. The van der Waals surface area contributed by atoms with Crippen LogP contribution in [0, 0.1) is 17.1 Å². The lowest BCUT2D eigenvalue weighted by Gasteiger charge is -2.06. The first kappa shape index (κ1) is 16.4. The first-order valence-electron chi connectivity index (χ1n) is 7.02. The molecule has 5 heteroatoms. The van der Waals surface area contributed by atoms with E-state index < -0.39 is 11.8 Å². The maximum atomic E-state index is 12.8. The molecule has 2 rings (SSSR count). The molecule has 2 aromatic rings. The summed E-state index contributed by atoms with van der Waals surface area (Å²) >= 11 is 0. The topological polar surface area (TPSA) is 67.2 Å². The van der Waals surface area contributed by atoms with Crippen LogP contribution in [0.3, 0.4) is 0 Å². The summed E-state index contributed by atoms with van der Waals surface area (Å²) in [6.45, 7) is -0.00664. The lowest BCUT2D eigenvalue weighted by atomic mass is 10.1. The van der Waals surface area contributed by atoms with Gasteiger partial charge in [0.25, 0.3) is 0 Å². The van der Waals surface area contributed by atoms with E-state index >= 15 is 0 Å². The third-order valence-electron chi connectivity index (χ3n) is 3.25. The molecule has 0 aliphatic heterocycles. The van der Waals surface area contributed by atoms with E-state index in [0.29, 0.717) is 16.7 Å². The molecule has 0 saturated heterocycles. The number of carbonyl (C=O) groups is 2. The Labute approximate surface area is 133 Å². The number of halogens is 1. The van der Waals surface area contributed by atoms with Crippen LogP contribution in [0.15, 0.2) is 48.5 Å². The number of hydrogen-bond acceptors (Lipinski definition) is 4. The van der Waals surface area contributed by atoms with Crippen molar-refractivity contribution < 1.29 is 18.7 Å². The summed E-state index contributed by atoms with van der Waals surface area (Å²) in [5, 5.41) is 8.94. The van der Waals surface area contributed by atoms with Crippen molar-refractivity contribution in [3.05, 3.63) is 71.0 Å². The molecule has 0 aliphatic carbocycles. The van der Waals surface area contributed by atoms with Crippen LogP contribution >= 0.6 is 0 Å². The maximum absolute atomic E-state index is 12.8. The summed E-state index contributed by atoms with van der Waals surface area (Å²) in [4.78, 5) is 23.6. The Kier molecular flexibility index (Phi) is 5.59. The minimum Gasteiger partial charge on any atom is -0.461 e. The van der Waals surface area contributed by atoms with Crippen molar-refractivity contribution in [2.75, 3.05) is 0 Å². The van der Waals surface area contributed by atoms with Crippen molar-refractivity contribution in [2.45, 2.75) is 19.4 Å².